The van der Waals surface area contributed by atoms with E-state index >= 15 is 0 Å². The van der Waals surface area contributed by atoms with Gasteiger partial charge in [-0.3, -0.25) is 4.79 Å². The van der Waals surface area contributed by atoms with Crippen molar-refractivity contribution in [1.82, 2.24) is 10.2 Å². The second-order valence-electron chi connectivity index (χ2n) is 5.33. The van der Waals surface area contributed by atoms with Crippen LogP contribution in [0.25, 0.3) is 0 Å². The highest BCUT2D eigenvalue weighted by atomic mass is 16.1. The fourth-order valence-electron chi connectivity index (χ4n) is 2.16. The summed E-state index contributed by atoms with van der Waals surface area (Å²) >= 11 is 0. The molecular weight excluding hydrogens is 188 g/mol. The van der Waals surface area contributed by atoms with Gasteiger partial charge < -0.3 is 10.2 Å². The van der Waals surface area contributed by atoms with Crippen molar-refractivity contribution < 1.29 is 4.79 Å². The van der Waals surface area contributed by atoms with E-state index in [1.54, 1.807) is 0 Å². The smallest absolute Gasteiger partial charge is 0.222 e. The Morgan fingerprint density at radius 1 is 1.33 bits per heavy atom. The van der Waals surface area contributed by atoms with Gasteiger partial charge in [-0.25, -0.2) is 0 Å². The van der Waals surface area contributed by atoms with Gasteiger partial charge in [0.2, 0.25) is 5.91 Å². The van der Waals surface area contributed by atoms with Crippen molar-refractivity contribution in [3.63, 3.8) is 0 Å². The molecule has 1 N–H and O–H groups in total. The van der Waals surface area contributed by atoms with Gasteiger partial charge >= 0.3 is 0 Å². The molecule has 0 spiro atoms. The first kappa shape index (κ1) is 12.5. The fraction of sp³-hybridized carbons (Fsp3) is 0.917. The Kier molecular flexibility index (Phi) is 4.14. The van der Waals surface area contributed by atoms with Crippen molar-refractivity contribution in [2.75, 3.05) is 20.1 Å². The number of hydrogen-bond acceptors (Lipinski definition) is 2. The van der Waals surface area contributed by atoms with Crippen LogP contribution >= 0.6 is 0 Å². The number of piperidine rings is 1. The summed E-state index contributed by atoms with van der Waals surface area (Å²) in [6, 6.07) is 0.314. The van der Waals surface area contributed by atoms with Crippen molar-refractivity contribution in [2.45, 2.75) is 33.7 Å². The predicted octanol–water partition coefficient (Wildman–Crippen LogP) is 1.34. The summed E-state index contributed by atoms with van der Waals surface area (Å²) in [5.41, 5.74) is 0. The SMILES string of the molecule is CC(C)C(=O)NC1CN(C)CC(C)C1C. The van der Waals surface area contributed by atoms with Crippen LogP contribution in [0.15, 0.2) is 0 Å². The van der Waals surface area contributed by atoms with Gasteiger partial charge in [0.05, 0.1) is 0 Å². The molecule has 1 saturated heterocycles. The molecule has 1 aliphatic rings. The molecule has 0 bridgehead atoms. The van der Waals surface area contributed by atoms with E-state index in [9.17, 15) is 4.79 Å². The summed E-state index contributed by atoms with van der Waals surface area (Å²) in [5.74, 6) is 1.49. The third kappa shape index (κ3) is 3.20. The summed E-state index contributed by atoms with van der Waals surface area (Å²) in [7, 11) is 2.12. The molecule has 1 rings (SSSR count). The normalized spacial score (nSPS) is 33.1. The van der Waals surface area contributed by atoms with Crippen LogP contribution in [0.3, 0.4) is 0 Å². The molecule has 0 saturated carbocycles. The minimum atomic E-state index is 0.0831. The van der Waals surface area contributed by atoms with Crippen LogP contribution in [0.1, 0.15) is 27.7 Å². The Morgan fingerprint density at radius 2 is 1.93 bits per heavy atom. The maximum Gasteiger partial charge on any atom is 0.222 e. The van der Waals surface area contributed by atoms with Crippen LogP contribution in [-0.4, -0.2) is 37.0 Å². The largest absolute Gasteiger partial charge is 0.352 e. The standard InChI is InChI=1S/C12H24N2O/c1-8(2)12(15)13-11-7-14(5)6-9(3)10(11)4/h8-11H,6-7H2,1-5H3,(H,13,15). The van der Waals surface area contributed by atoms with E-state index in [1.165, 1.54) is 0 Å². The molecular formula is C12H24N2O. The topological polar surface area (TPSA) is 32.3 Å². The highest BCUT2D eigenvalue weighted by molar-refractivity contribution is 5.78. The third-order valence-corrected chi connectivity index (χ3v) is 3.49. The lowest BCUT2D eigenvalue weighted by atomic mass is 9.84. The summed E-state index contributed by atoms with van der Waals surface area (Å²) in [5, 5.41) is 3.15. The lowest BCUT2D eigenvalue weighted by Crippen LogP contribution is -2.54. The van der Waals surface area contributed by atoms with Crippen molar-refractivity contribution in [2.24, 2.45) is 17.8 Å². The van der Waals surface area contributed by atoms with Gasteiger partial charge in [0.1, 0.15) is 0 Å². The first-order chi connectivity index (χ1) is 6.91. The molecule has 15 heavy (non-hydrogen) atoms. The van der Waals surface area contributed by atoms with Gasteiger partial charge in [-0.05, 0) is 18.9 Å². The molecule has 88 valence electrons. The zero-order valence-electron chi connectivity index (χ0n) is 10.6. The molecule has 0 aromatic carbocycles. The number of nitrogens with zero attached hydrogens (tertiary/aromatic N) is 1. The first-order valence-electron chi connectivity index (χ1n) is 5.90. The quantitative estimate of drug-likeness (QED) is 0.749. The second kappa shape index (κ2) is 4.97. The summed E-state index contributed by atoms with van der Waals surface area (Å²) in [4.78, 5) is 13.9. The number of hydrogen-bond donors (Lipinski definition) is 1. The minimum absolute atomic E-state index is 0.0831. The van der Waals surface area contributed by atoms with E-state index in [0.29, 0.717) is 17.9 Å². The van der Waals surface area contributed by atoms with E-state index in [0.717, 1.165) is 13.1 Å². The molecule has 0 aromatic rings. The first-order valence-corrected chi connectivity index (χ1v) is 5.90. The lowest BCUT2D eigenvalue weighted by molar-refractivity contribution is -0.125. The lowest BCUT2D eigenvalue weighted by Gasteiger charge is -2.40. The molecule has 0 aliphatic carbocycles. The Bertz CT molecular complexity index is 228. The molecule has 0 aromatic heterocycles. The van der Waals surface area contributed by atoms with E-state index in [1.807, 2.05) is 13.8 Å². The number of carbonyl (C=O) groups is 1. The Morgan fingerprint density at radius 3 is 2.47 bits per heavy atom. The number of likely N-dealkylation sites (N-methyl/N-ethyl adjacent to an activating group) is 1. The monoisotopic (exact) mass is 212 g/mol. The number of carbonyl (C=O) groups excluding carboxylic acids is 1. The van der Waals surface area contributed by atoms with Crippen molar-refractivity contribution in [3.8, 4) is 0 Å². The molecule has 3 unspecified atom stereocenters. The van der Waals surface area contributed by atoms with E-state index in [4.69, 9.17) is 0 Å². The maximum atomic E-state index is 11.6. The van der Waals surface area contributed by atoms with Crippen LogP contribution < -0.4 is 5.32 Å². The number of amides is 1. The highest BCUT2D eigenvalue weighted by Crippen LogP contribution is 2.22. The Hall–Kier alpha value is -0.570. The average molecular weight is 212 g/mol. The molecule has 1 fully saturated rings. The second-order valence-corrected chi connectivity index (χ2v) is 5.33. The van der Waals surface area contributed by atoms with E-state index < -0.39 is 0 Å². The van der Waals surface area contributed by atoms with Crippen molar-refractivity contribution in [3.05, 3.63) is 0 Å². The van der Waals surface area contributed by atoms with Crippen LogP contribution in [0, 0.1) is 17.8 Å². The van der Waals surface area contributed by atoms with Gasteiger partial charge in [-0.1, -0.05) is 27.7 Å². The van der Waals surface area contributed by atoms with Crippen molar-refractivity contribution in [1.29, 1.82) is 0 Å². The van der Waals surface area contributed by atoms with Crippen LogP contribution in [0.5, 0.6) is 0 Å². The van der Waals surface area contributed by atoms with E-state index in [2.05, 4.69) is 31.1 Å². The summed E-state index contributed by atoms with van der Waals surface area (Å²) in [6.07, 6.45) is 0. The highest BCUT2D eigenvalue weighted by Gasteiger charge is 2.31. The van der Waals surface area contributed by atoms with Crippen molar-refractivity contribution >= 4 is 5.91 Å². The van der Waals surface area contributed by atoms with E-state index in [-0.39, 0.29) is 11.8 Å². The van der Waals surface area contributed by atoms with Gasteiger partial charge in [-0.2, -0.15) is 0 Å². The average Bonchev–Trinajstić information content (AvgIpc) is 2.13. The molecule has 3 atom stereocenters. The van der Waals surface area contributed by atoms with Gasteiger partial charge in [-0.15, -0.1) is 0 Å². The summed E-state index contributed by atoms with van der Waals surface area (Å²) in [6.45, 7) is 10.5. The predicted molar refractivity (Wildman–Crippen MR) is 62.6 cm³/mol. The minimum Gasteiger partial charge on any atom is -0.352 e. The van der Waals surface area contributed by atoms with Crippen LogP contribution in [-0.2, 0) is 4.79 Å². The molecule has 3 heteroatoms. The molecule has 1 amide bonds. The fourth-order valence-corrected chi connectivity index (χ4v) is 2.16. The molecule has 1 aliphatic heterocycles. The third-order valence-electron chi connectivity index (χ3n) is 3.49. The summed E-state index contributed by atoms with van der Waals surface area (Å²) < 4.78 is 0. The maximum absolute atomic E-state index is 11.6. The number of likely N-dealkylation sites (tertiary alicyclic amines) is 1. The zero-order valence-corrected chi connectivity index (χ0v) is 10.6. The van der Waals surface area contributed by atoms with Gasteiger partial charge in [0.15, 0.2) is 0 Å². The number of rotatable bonds is 2. The zero-order chi connectivity index (χ0) is 11.6. The van der Waals surface area contributed by atoms with Crippen LogP contribution in [0.4, 0.5) is 0 Å². The van der Waals surface area contributed by atoms with Gasteiger partial charge in [0.25, 0.3) is 0 Å². The van der Waals surface area contributed by atoms with Crippen LogP contribution in [0.2, 0.25) is 0 Å². The molecule has 3 nitrogen and oxygen atoms in total. The molecule has 0 radical (unpaired) electrons. The van der Waals surface area contributed by atoms with Gasteiger partial charge in [0, 0.05) is 25.0 Å². The number of nitrogens with one attached hydrogen (secondary N) is 1. The Balaban J connectivity index is 2.56. The Labute approximate surface area is 93.2 Å². The molecule has 1 heterocycles.